The van der Waals surface area contributed by atoms with Gasteiger partial charge in [-0.15, -0.1) is 0 Å². The number of piperidine rings is 1. The van der Waals surface area contributed by atoms with Gasteiger partial charge in [0.2, 0.25) is 0 Å². The average molecular weight is 309 g/mol. The summed E-state index contributed by atoms with van der Waals surface area (Å²) < 4.78 is 23.1. The molecule has 1 aliphatic carbocycles. The molecule has 1 aromatic rings. The number of hydrogen-bond donors (Lipinski definition) is 2. The zero-order chi connectivity index (χ0) is 15.4. The molecule has 1 saturated heterocycles. The van der Waals surface area contributed by atoms with Crippen LogP contribution < -0.4 is 5.32 Å². The third kappa shape index (κ3) is 2.26. The van der Waals surface area contributed by atoms with Crippen molar-refractivity contribution in [3.63, 3.8) is 0 Å². The highest BCUT2D eigenvalue weighted by Gasteiger charge is 2.66. The molecule has 6 nitrogen and oxygen atoms in total. The maximum atomic E-state index is 12.6. The molecule has 21 heavy (non-hydrogen) atoms. The molecular formula is C14H15NO5S. The van der Waals surface area contributed by atoms with Gasteiger partial charge < -0.3 is 5.11 Å². The SMILES string of the molecule is CS(=O)(=O)c1cccc(C(=O)C23CC2CC(C(=O)O)N3)c1. The highest BCUT2D eigenvalue weighted by Crippen LogP contribution is 2.53. The second kappa shape index (κ2) is 4.38. The van der Waals surface area contributed by atoms with Crippen LogP contribution in [0.2, 0.25) is 0 Å². The van der Waals surface area contributed by atoms with Gasteiger partial charge >= 0.3 is 5.97 Å². The molecular weight excluding hydrogens is 294 g/mol. The van der Waals surface area contributed by atoms with Gasteiger partial charge in [-0.3, -0.25) is 14.9 Å². The van der Waals surface area contributed by atoms with Crippen molar-refractivity contribution in [2.75, 3.05) is 6.26 Å². The smallest absolute Gasteiger partial charge is 0.320 e. The van der Waals surface area contributed by atoms with Crippen LogP contribution in [0.3, 0.4) is 0 Å². The Bertz CT molecular complexity index is 741. The number of carboxylic acid groups (broad SMARTS) is 1. The number of carboxylic acids is 1. The standard InChI is InChI=1S/C14H15NO5S/c1-21(19,20)10-4-2-3-8(5-10)12(16)14-7-9(14)6-11(15-14)13(17)18/h2-5,9,11,15H,6-7H2,1H3,(H,17,18). The van der Waals surface area contributed by atoms with Crippen LogP contribution in [0.1, 0.15) is 23.2 Å². The molecule has 0 bridgehead atoms. The Balaban J connectivity index is 1.89. The van der Waals surface area contributed by atoms with Gasteiger partial charge in [-0.1, -0.05) is 12.1 Å². The van der Waals surface area contributed by atoms with Crippen LogP contribution in [-0.4, -0.2) is 43.1 Å². The second-order valence-corrected chi connectivity index (χ2v) is 7.79. The fourth-order valence-corrected chi connectivity index (χ4v) is 3.74. The first-order chi connectivity index (χ1) is 9.74. The van der Waals surface area contributed by atoms with Crippen LogP contribution in [0.25, 0.3) is 0 Å². The maximum absolute atomic E-state index is 12.6. The molecule has 2 fully saturated rings. The summed E-state index contributed by atoms with van der Waals surface area (Å²) in [6, 6.07) is 5.19. The highest BCUT2D eigenvalue weighted by atomic mass is 32.2. The molecule has 1 heterocycles. The number of nitrogens with one attached hydrogen (secondary N) is 1. The molecule has 3 atom stereocenters. The average Bonchev–Trinajstić information content (AvgIpc) is 2.99. The molecule has 2 N–H and O–H groups in total. The van der Waals surface area contributed by atoms with Crippen molar-refractivity contribution in [3.05, 3.63) is 29.8 Å². The van der Waals surface area contributed by atoms with Crippen LogP contribution >= 0.6 is 0 Å². The molecule has 0 radical (unpaired) electrons. The molecule has 3 rings (SSSR count). The Morgan fingerprint density at radius 2 is 2.10 bits per heavy atom. The summed E-state index contributed by atoms with van der Waals surface area (Å²) in [6.07, 6.45) is 2.13. The third-order valence-corrected chi connectivity index (χ3v) is 5.40. The molecule has 1 aliphatic heterocycles. The lowest BCUT2D eigenvalue weighted by Gasteiger charge is -2.16. The number of ketones is 1. The van der Waals surface area contributed by atoms with Crippen LogP contribution in [-0.2, 0) is 14.6 Å². The zero-order valence-electron chi connectivity index (χ0n) is 11.4. The van der Waals surface area contributed by atoms with E-state index in [0.29, 0.717) is 18.4 Å². The van der Waals surface area contributed by atoms with E-state index in [0.717, 1.165) is 6.26 Å². The van der Waals surface area contributed by atoms with E-state index in [2.05, 4.69) is 5.32 Å². The lowest BCUT2D eigenvalue weighted by Crippen LogP contribution is -2.44. The summed E-state index contributed by atoms with van der Waals surface area (Å²) in [6.45, 7) is 0. The number of aliphatic carboxylic acids is 1. The van der Waals surface area contributed by atoms with Crippen molar-refractivity contribution in [3.8, 4) is 0 Å². The van der Waals surface area contributed by atoms with Crippen molar-refractivity contribution in [1.29, 1.82) is 0 Å². The summed E-state index contributed by atoms with van der Waals surface area (Å²) in [5.41, 5.74) is -0.516. The van der Waals surface area contributed by atoms with E-state index in [4.69, 9.17) is 5.11 Å². The van der Waals surface area contributed by atoms with E-state index in [1.165, 1.54) is 18.2 Å². The first kappa shape index (κ1) is 14.2. The van der Waals surface area contributed by atoms with Crippen molar-refractivity contribution >= 4 is 21.6 Å². The number of hydrogen-bond acceptors (Lipinski definition) is 5. The van der Waals surface area contributed by atoms with E-state index in [1.54, 1.807) is 6.07 Å². The van der Waals surface area contributed by atoms with Gasteiger partial charge in [-0.25, -0.2) is 8.42 Å². The summed E-state index contributed by atoms with van der Waals surface area (Å²) in [4.78, 5) is 23.7. The lowest BCUT2D eigenvalue weighted by molar-refractivity contribution is -0.139. The lowest BCUT2D eigenvalue weighted by atomic mass is 10.0. The minimum absolute atomic E-state index is 0.0213. The molecule has 112 valence electrons. The van der Waals surface area contributed by atoms with Gasteiger partial charge in [-0.2, -0.15) is 0 Å². The predicted octanol–water partition coefficient (Wildman–Crippen LogP) is 0.478. The van der Waals surface area contributed by atoms with Crippen molar-refractivity contribution in [1.82, 2.24) is 5.32 Å². The van der Waals surface area contributed by atoms with Crippen LogP contribution in [0.4, 0.5) is 0 Å². The minimum Gasteiger partial charge on any atom is -0.480 e. The second-order valence-electron chi connectivity index (χ2n) is 5.77. The van der Waals surface area contributed by atoms with Gasteiger partial charge in [0.05, 0.1) is 10.4 Å². The molecule has 0 amide bonds. The maximum Gasteiger partial charge on any atom is 0.320 e. The quantitative estimate of drug-likeness (QED) is 0.785. The van der Waals surface area contributed by atoms with E-state index in [9.17, 15) is 18.0 Å². The molecule has 3 unspecified atom stereocenters. The fraction of sp³-hybridized carbons (Fsp3) is 0.429. The number of Topliss-reactive ketones (excluding diaryl/α,β-unsaturated/α-hetero) is 1. The zero-order valence-corrected chi connectivity index (χ0v) is 12.2. The van der Waals surface area contributed by atoms with Gasteiger partial charge in [-0.05, 0) is 30.9 Å². The third-order valence-electron chi connectivity index (χ3n) is 4.28. The number of carbonyl (C=O) groups is 2. The number of fused-ring (bicyclic) bond motifs is 1. The Morgan fingerprint density at radius 3 is 2.67 bits per heavy atom. The summed E-state index contributed by atoms with van der Waals surface area (Å²) in [5, 5.41) is 11.9. The Labute approximate surface area is 122 Å². The van der Waals surface area contributed by atoms with Gasteiger partial charge in [0.15, 0.2) is 15.6 Å². The van der Waals surface area contributed by atoms with Crippen molar-refractivity contribution < 1.29 is 23.1 Å². The number of sulfone groups is 1. The Hall–Kier alpha value is -1.73. The highest BCUT2D eigenvalue weighted by molar-refractivity contribution is 7.90. The monoisotopic (exact) mass is 309 g/mol. The van der Waals surface area contributed by atoms with E-state index >= 15 is 0 Å². The summed E-state index contributed by atoms with van der Waals surface area (Å²) in [5.74, 6) is -1.16. The van der Waals surface area contributed by atoms with E-state index < -0.39 is 27.4 Å². The van der Waals surface area contributed by atoms with E-state index in [-0.39, 0.29) is 16.6 Å². The molecule has 0 aromatic heterocycles. The van der Waals surface area contributed by atoms with Crippen LogP contribution in [0.15, 0.2) is 29.2 Å². The Kier molecular flexibility index (Phi) is 2.97. The molecule has 7 heteroatoms. The first-order valence-electron chi connectivity index (χ1n) is 6.59. The molecule has 1 aromatic carbocycles. The number of benzene rings is 1. The molecule has 2 aliphatic rings. The summed E-state index contributed by atoms with van der Waals surface area (Å²) >= 11 is 0. The van der Waals surface area contributed by atoms with Gasteiger partial charge in [0.25, 0.3) is 0 Å². The molecule has 0 spiro atoms. The van der Waals surface area contributed by atoms with Crippen LogP contribution in [0.5, 0.6) is 0 Å². The van der Waals surface area contributed by atoms with E-state index in [1.807, 2.05) is 0 Å². The topological polar surface area (TPSA) is 101 Å². The normalized spacial score (nSPS) is 30.7. The first-order valence-corrected chi connectivity index (χ1v) is 8.48. The van der Waals surface area contributed by atoms with Crippen molar-refractivity contribution in [2.45, 2.75) is 29.3 Å². The fourth-order valence-electron chi connectivity index (χ4n) is 3.08. The summed E-state index contributed by atoms with van der Waals surface area (Å²) in [7, 11) is -3.38. The van der Waals surface area contributed by atoms with Crippen molar-refractivity contribution in [2.24, 2.45) is 5.92 Å². The largest absolute Gasteiger partial charge is 0.480 e. The number of rotatable bonds is 4. The van der Waals surface area contributed by atoms with Gasteiger partial charge in [0.1, 0.15) is 6.04 Å². The number of carbonyl (C=O) groups excluding carboxylic acids is 1. The molecule has 1 saturated carbocycles. The Morgan fingerprint density at radius 1 is 1.38 bits per heavy atom. The van der Waals surface area contributed by atoms with Crippen LogP contribution in [0, 0.1) is 5.92 Å². The predicted molar refractivity (Wildman–Crippen MR) is 73.9 cm³/mol. The minimum atomic E-state index is -3.38. The van der Waals surface area contributed by atoms with Gasteiger partial charge in [0, 0.05) is 11.8 Å².